The Hall–Kier alpha value is -2.38. The van der Waals surface area contributed by atoms with E-state index in [9.17, 15) is 10.1 Å². The van der Waals surface area contributed by atoms with Crippen LogP contribution >= 0.6 is 11.3 Å². The number of hydrogen-bond acceptors (Lipinski definition) is 3. The summed E-state index contributed by atoms with van der Waals surface area (Å²) in [6.45, 7) is 3.99. The van der Waals surface area contributed by atoms with Gasteiger partial charge in [0.15, 0.2) is 0 Å². The summed E-state index contributed by atoms with van der Waals surface area (Å²) in [6, 6.07) is 15.5. The molecule has 1 amide bonds. The van der Waals surface area contributed by atoms with Crippen molar-refractivity contribution < 1.29 is 4.79 Å². The fourth-order valence-electron chi connectivity index (χ4n) is 2.05. The van der Waals surface area contributed by atoms with Crippen LogP contribution in [0.5, 0.6) is 0 Å². The van der Waals surface area contributed by atoms with Crippen LogP contribution in [0.25, 0.3) is 6.08 Å². The molecule has 1 atom stereocenters. The molecule has 0 aliphatic rings. The zero-order chi connectivity index (χ0) is 15.9. The minimum atomic E-state index is -0.342. The molecule has 0 aliphatic carbocycles. The largest absolute Gasteiger partial charge is 0.345 e. The monoisotopic (exact) mass is 310 g/mol. The number of carbonyl (C=O) groups is 1. The molecule has 1 aromatic heterocycles. The van der Waals surface area contributed by atoms with E-state index in [1.54, 1.807) is 17.4 Å². The van der Waals surface area contributed by atoms with Gasteiger partial charge in [-0.1, -0.05) is 37.3 Å². The number of thiophene rings is 1. The van der Waals surface area contributed by atoms with E-state index in [4.69, 9.17) is 0 Å². The first-order valence-corrected chi connectivity index (χ1v) is 8.02. The zero-order valence-corrected chi connectivity index (χ0v) is 13.5. The lowest BCUT2D eigenvalue weighted by Crippen LogP contribution is -2.27. The van der Waals surface area contributed by atoms with Gasteiger partial charge in [0.25, 0.3) is 5.91 Å². The summed E-state index contributed by atoms with van der Waals surface area (Å²) in [5.41, 5.74) is 1.14. The quantitative estimate of drug-likeness (QED) is 0.668. The molecule has 22 heavy (non-hydrogen) atoms. The molecule has 0 unspecified atom stereocenters. The van der Waals surface area contributed by atoms with Crippen LogP contribution in [0.15, 0.2) is 48.0 Å². The number of hydrogen-bond donors (Lipinski definition) is 1. The van der Waals surface area contributed by atoms with Crippen molar-refractivity contribution in [2.45, 2.75) is 26.3 Å². The summed E-state index contributed by atoms with van der Waals surface area (Å²) in [6.07, 6.45) is 2.61. The molecule has 0 spiro atoms. The Balaban J connectivity index is 2.11. The Morgan fingerprint density at radius 1 is 1.32 bits per heavy atom. The average molecular weight is 310 g/mol. The van der Waals surface area contributed by atoms with Crippen molar-refractivity contribution in [2.75, 3.05) is 0 Å². The van der Waals surface area contributed by atoms with E-state index >= 15 is 0 Å². The molecule has 0 saturated carbocycles. The van der Waals surface area contributed by atoms with Crippen molar-refractivity contribution in [3.63, 3.8) is 0 Å². The van der Waals surface area contributed by atoms with Crippen LogP contribution in [0.4, 0.5) is 0 Å². The second-order valence-electron chi connectivity index (χ2n) is 4.93. The molecule has 1 aromatic carbocycles. The molecular formula is C18H18N2OS. The second kappa shape index (κ2) is 7.58. The van der Waals surface area contributed by atoms with Crippen LogP contribution in [-0.2, 0) is 11.2 Å². The van der Waals surface area contributed by atoms with Gasteiger partial charge in [-0.2, -0.15) is 5.26 Å². The van der Waals surface area contributed by atoms with Gasteiger partial charge in [-0.3, -0.25) is 4.79 Å². The minimum Gasteiger partial charge on any atom is -0.345 e. The summed E-state index contributed by atoms with van der Waals surface area (Å²) in [5, 5.41) is 12.1. The van der Waals surface area contributed by atoms with Crippen molar-refractivity contribution in [3.8, 4) is 6.07 Å². The fraction of sp³-hybridized carbons (Fsp3) is 0.222. The number of amides is 1. The minimum absolute atomic E-state index is 0.132. The van der Waals surface area contributed by atoms with E-state index < -0.39 is 0 Å². The molecule has 1 heterocycles. The second-order valence-corrected chi connectivity index (χ2v) is 6.13. The third-order valence-electron chi connectivity index (χ3n) is 3.33. The zero-order valence-electron chi connectivity index (χ0n) is 12.7. The molecule has 0 radical (unpaired) electrons. The third kappa shape index (κ3) is 4.06. The van der Waals surface area contributed by atoms with Gasteiger partial charge in [0.05, 0.1) is 6.04 Å². The summed E-state index contributed by atoms with van der Waals surface area (Å²) in [7, 11) is 0. The molecule has 0 saturated heterocycles. The number of nitrogens with zero attached hydrogens (tertiary/aromatic N) is 1. The Morgan fingerprint density at radius 3 is 2.64 bits per heavy atom. The highest BCUT2D eigenvalue weighted by molar-refractivity contribution is 7.12. The van der Waals surface area contributed by atoms with Crippen molar-refractivity contribution in [2.24, 2.45) is 0 Å². The van der Waals surface area contributed by atoms with E-state index in [-0.39, 0.29) is 17.5 Å². The fourth-order valence-corrected chi connectivity index (χ4v) is 2.95. The summed E-state index contributed by atoms with van der Waals surface area (Å²) < 4.78 is 0. The SMILES string of the molecule is CCc1ccc(/C=C(\C#N)C(=O)N[C@@H](C)c2ccccc2)s1. The predicted molar refractivity (Wildman–Crippen MR) is 90.3 cm³/mol. The van der Waals surface area contributed by atoms with Gasteiger partial charge in [0.1, 0.15) is 11.6 Å². The van der Waals surface area contributed by atoms with Crippen LogP contribution in [0.3, 0.4) is 0 Å². The van der Waals surface area contributed by atoms with E-state index in [1.807, 2.05) is 55.5 Å². The highest BCUT2D eigenvalue weighted by Gasteiger charge is 2.14. The Kier molecular flexibility index (Phi) is 5.51. The van der Waals surface area contributed by atoms with E-state index in [0.29, 0.717) is 0 Å². The van der Waals surface area contributed by atoms with Crippen LogP contribution in [-0.4, -0.2) is 5.91 Å². The number of carbonyl (C=O) groups excluding carboxylic acids is 1. The molecule has 0 bridgehead atoms. The first-order chi connectivity index (χ1) is 10.6. The average Bonchev–Trinajstić information content (AvgIpc) is 3.01. The highest BCUT2D eigenvalue weighted by atomic mass is 32.1. The molecule has 2 aromatic rings. The molecule has 112 valence electrons. The predicted octanol–water partition coefficient (Wildman–Crippen LogP) is 4.09. The number of nitrogens with one attached hydrogen (secondary N) is 1. The number of nitriles is 1. The molecule has 3 nitrogen and oxygen atoms in total. The van der Waals surface area contributed by atoms with Gasteiger partial charge >= 0.3 is 0 Å². The van der Waals surface area contributed by atoms with E-state index in [0.717, 1.165) is 16.9 Å². The summed E-state index contributed by atoms with van der Waals surface area (Å²) >= 11 is 1.60. The Bertz CT molecular complexity index is 710. The maximum atomic E-state index is 12.2. The highest BCUT2D eigenvalue weighted by Crippen LogP contribution is 2.20. The van der Waals surface area contributed by atoms with Gasteiger partial charge in [0.2, 0.25) is 0 Å². The first-order valence-electron chi connectivity index (χ1n) is 7.20. The molecule has 1 N–H and O–H groups in total. The van der Waals surface area contributed by atoms with E-state index in [1.165, 1.54) is 4.88 Å². The van der Waals surface area contributed by atoms with Crippen LogP contribution < -0.4 is 5.32 Å². The smallest absolute Gasteiger partial charge is 0.262 e. The first kappa shape index (κ1) is 16.0. The summed E-state index contributed by atoms with van der Waals surface area (Å²) in [4.78, 5) is 14.4. The number of rotatable bonds is 5. The standard InChI is InChI=1S/C18H18N2OS/c1-3-16-9-10-17(22-16)11-15(12-19)18(21)20-13(2)14-7-5-4-6-8-14/h4-11,13H,3H2,1-2H3,(H,20,21)/b15-11+/t13-/m0/s1. The number of aryl methyl sites for hydroxylation is 1. The van der Waals surface area contributed by atoms with Crippen molar-refractivity contribution in [1.82, 2.24) is 5.32 Å². The molecular weight excluding hydrogens is 292 g/mol. The Morgan fingerprint density at radius 2 is 2.05 bits per heavy atom. The Labute approximate surface area is 134 Å². The molecule has 0 fully saturated rings. The molecule has 2 rings (SSSR count). The third-order valence-corrected chi connectivity index (χ3v) is 4.51. The van der Waals surface area contributed by atoms with Gasteiger partial charge in [-0.05, 0) is 37.1 Å². The van der Waals surface area contributed by atoms with E-state index in [2.05, 4.69) is 12.2 Å². The van der Waals surface area contributed by atoms with Gasteiger partial charge in [0, 0.05) is 9.75 Å². The van der Waals surface area contributed by atoms with Crippen LogP contribution in [0.2, 0.25) is 0 Å². The van der Waals surface area contributed by atoms with Gasteiger partial charge in [-0.25, -0.2) is 0 Å². The lowest BCUT2D eigenvalue weighted by Gasteiger charge is -2.13. The van der Waals surface area contributed by atoms with Gasteiger partial charge < -0.3 is 5.32 Å². The van der Waals surface area contributed by atoms with Crippen molar-refractivity contribution in [1.29, 1.82) is 5.26 Å². The number of benzene rings is 1. The van der Waals surface area contributed by atoms with Crippen LogP contribution in [0.1, 0.15) is 35.2 Å². The van der Waals surface area contributed by atoms with Crippen molar-refractivity contribution in [3.05, 3.63) is 63.4 Å². The normalized spacial score (nSPS) is 12.5. The lowest BCUT2D eigenvalue weighted by molar-refractivity contribution is -0.117. The maximum absolute atomic E-state index is 12.2. The summed E-state index contributed by atoms with van der Waals surface area (Å²) in [5.74, 6) is -0.342. The maximum Gasteiger partial charge on any atom is 0.262 e. The topological polar surface area (TPSA) is 52.9 Å². The lowest BCUT2D eigenvalue weighted by atomic mass is 10.1. The van der Waals surface area contributed by atoms with Gasteiger partial charge in [-0.15, -0.1) is 11.3 Å². The molecule has 4 heteroatoms. The van der Waals surface area contributed by atoms with Crippen LogP contribution in [0, 0.1) is 11.3 Å². The molecule has 0 aliphatic heterocycles. The van der Waals surface area contributed by atoms with Crippen molar-refractivity contribution >= 4 is 23.3 Å².